The Balaban J connectivity index is 3.20. The van der Waals surface area contributed by atoms with E-state index in [9.17, 15) is 9.59 Å². The first-order valence-electron chi connectivity index (χ1n) is 5.40. The summed E-state index contributed by atoms with van der Waals surface area (Å²) in [7, 11) is 0. The highest BCUT2D eigenvalue weighted by Crippen LogP contribution is 1.93. The highest BCUT2D eigenvalue weighted by atomic mass is 16.4. The highest BCUT2D eigenvalue weighted by molar-refractivity contribution is 5.73. The highest BCUT2D eigenvalue weighted by Gasteiger charge is 1.99. The summed E-state index contributed by atoms with van der Waals surface area (Å²) < 4.78 is 0. The number of carbonyl (C=O) groups is 2. The van der Waals surface area contributed by atoms with E-state index >= 15 is 0 Å². The van der Waals surface area contributed by atoms with E-state index in [1.807, 2.05) is 0 Å². The number of carboxylic acid groups (broad SMARTS) is 1. The predicted octanol–water partition coefficient (Wildman–Crippen LogP) is 1.34. The summed E-state index contributed by atoms with van der Waals surface area (Å²) in [5, 5.41) is 13.8. The van der Waals surface area contributed by atoms with Crippen LogP contribution in [0, 0.1) is 0 Å². The van der Waals surface area contributed by atoms with E-state index in [1.54, 1.807) is 0 Å². The Hall–Kier alpha value is -1.26. The van der Waals surface area contributed by atoms with Crippen LogP contribution in [0.2, 0.25) is 0 Å². The Labute approximate surface area is 90.2 Å². The van der Waals surface area contributed by atoms with Crippen LogP contribution in [-0.4, -0.2) is 30.2 Å². The summed E-state index contributed by atoms with van der Waals surface area (Å²) in [6, 6.07) is -0.168. The first-order chi connectivity index (χ1) is 7.16. The van der Waals surface area contributed by atoms with Crippen LogP contribution in [0.3, 0.4) is 0 Å². The van der Waals surface area contributed by atoms with E-state index in [4.69, 9.17) is 5.11 Å². The van der Waals surface area contributed by atoms with E-state index in [0.29, 0.717) is 25.9 Å². The monoisotopic (exact) mass is 216 g/mol. The lowest BCUT2D eigenvalue weighted by Crippen LogP contribution is -2.36. The average Bonchev–Trinajstić information content (AvgIpc) is 2.17. The summed E-state index contributed by atoms with van der Waals surface area (Å²) in [6.07, 6.45) is 3.50. The molecule has 3 N–H and O–H groups in total. The maximum atomic E-state index is 11.1. The van der Waals surface area contributed by atoms with Gasteiger partial charge in [0.05, 0.1) is 0 Å². The van der Waals surface area contributed by atoms with E-state index in [2.05, 4.69) is 17.6 Å². The van der Waals surface area contributed by atoms with Crippen molar-refractivity contribution in [2.45, 2.75) is 39.0 Å². The zero-order valence-electron chi connectivity index (χ0n) is 9.21. The quantitative estimate of drug-likeness (QED) is 0.536. The van der Waals surface area contributed by atoms with Crippen LogP contribution in [-0.2, 0) is 4.79 Å². The molecule has 0 saturated carbocycles. The lowest BCUT2D eigenvalue weighted by molar-refractivity contribution is -0.137. The average molecular weight is 216 g/mol. The molecule has 5 heteroatoms. The minimum Gasteiger partial charge on any atom is -0.481 e. The fourth-order valence-corrected chi connectivity index (χ4v) is 1.04. The predicted molar refractivity (Wildman–Crippen MR) is 57.8 cm³/mol. The van der Waals surface area contributed by atoms with Crippen LogP contribution in [0.25, 0.3) is 0 Å². The number of nitrogens with one attached hydrogen (secondary N) is 2. The van der Waals surface area contributed by atoms with Crippen molar-refractivity contribution < 1.29 is 14.7 Å². The normalized spacial score (nSPS) is 9.67. The number of hydrogen-bond acceptors (Lipinski definition) is 2. The second-order valence-corrected chi connectivity index (χ2v) is 3.39. The van der Waals surface area contributed by atoms with Crippen molar-refractivity contribution in [1.82, 2.24) is 10.6 Å². The Morgan fingerprint density at radius 1 is 1.07 bits per heavy atom. The van der Waals surface area contributed by atoms with Gasteiger partial charge in [-0.3, -0.25) is 4.79 Å². The fraction of sp³-hybridized carbons (Fsp3) is 0.800. The van der Waals surface area contributed by atoms with Crippen molar-refractivity contribution in [3.63, 3.8) is 0 Å². The number of carbonyl (C=O) groups excluding carboxylic acids is 1. The molecule has 0 spiro atoms. The molecule has 0 fully saturated rings. The summed E-state index contributed by atoms with van der Waals surface area (Å²) in [6.45, 7) is 3.29. The second-order valence-electron chi connectivity index (χ2n) is 3.39. The van der Waals surface area contributed by atoms with Gasteiger partial charge in [-0.25, -0.2) is 4.79 Å². The van der Waals surface area contributed by atoms with Crippen molar-refractivity contribution in [3.8, 4) is 0 Å². The maximum Gasteiger partial charge on any atom is 0.314 e. The van der Waals surface area contributed by atoms with Crippen molar-refractivity contribution in [1.29, 1.82) is 0 Å². The number of aliphatic carboxylic acids is 1. The number of hydrogen-bond donors (Lipinski definition) is 3. The zero-order chi connectivity index (χ0) is 11.5. The lowest BCUT2D eigenvalue weighted by atomic mass is 10.2. The molecule has 0 aromatic carbocycles. The van der Waals surface area contributed by atoms with Gasteiger partial charge in [0.15, 0.2) is 0 Å². The molecule has 0 unspecified atom stereocenters. The van der Waals surface area contributed by atoms with Crippen LogP contribution in [0.4, 0.5) is 4.79 Å². The summed E-state index contributed by atoms with van der Waals surface area (Å²) in [4.78, 5) is 21.2. The number of unbranched alkanes of at least 4 members (excludes halogenated alkanes) is 2. The Bertz CT molecular complexity index is 195. The van der Waals surface area contributed by atoms with Crippen LogP contribution in [0.1, 0.15) is 39.0 Å². The standard InChI is InChI=1S/C10H20N2O3/c1-2-3-7-11-10(15)12-8-5-4-6-9(13)14/h2-8H2,1H3,(H,13,14)(H2,11,12,15). The molecule has 0 aromatic rings. The molecule has 0 saturated heterocycles. The van der Waals surface area contributed by atoms with Gasteiger partial charge in [0, 0.05) is 19.5 Å². The third-order valence-electron chi connectivity index (χ3n) is 1.92. The van der Waals surface area contributed by atoms with Crippen LogP contribution < -0.4 is 10.6 Å². The lowest BCUT2D eigenvalue weighted by Gasteiger charge is -2.06. The minimum absolute atomic E-state index is 0.166. The summed E-state index contributed by atoms with van der Waals surface area (Å²) in [5.74, 6) is -0.789. The number of carboxylic acids is 1. The number of rotatable bonds is 8. The molecule has 0 bridgehead atoms. The first-order valence-corrected chi connectivity index (χ1v) is 5.40. The van der Waals surface area contributed by atoms with Gasteiger partial charge < -0.3 is 15.7 Å². The molecule has 0 rings (SSSR count). The molecule has 0 heterocycles. The van der Waals surface area contributed by atoms with Crippen molar-refractivity contribution in [2.24, 2.45) is 0 Å². The van der Waals surface area contributed by atoms with Gasteiger partial charge in [0.25, 0.3) is 0 Å². The minimum atomic E-state index is -0.789. The van der Waals surface area contributed by atoms with Crippen LogP contribution in [0.15, 0.2) is 0 Å². The molecule has 15 heavy (non-hydrogen) atoms. The third-order valence-corrected chi connectivity index (χ3v) is 1.92. The Morgan fingerprint density at radius 2 is 1.67 bits per heavy atom. The van der Waals surface area contributed by atoms with Crippen molar-refractivity contribution >= 4 is 12.0 Å². The first kappa shape index (κ1) is 13.7. The van der Waals surface area contributed by atoms with E-state index in [0.717, 1.165) is 12.8 Å². The summed E-state index contributed by atoms with van der Waals surface area (Å²) in [5.41, 5.74) is 0. The SMILES string of the molecule is CCCCNC(=O)NCCCCC(=O)O. The maximum absolute atomic E-state index is 11.1. The topological polar surface area (TPSA) is 78.4 Å². The molecule has 0 aliphatic carbocycles. The van der Waals surface area contributed by atoms with E-state index < -0.39 is 5.97 Å². The van der Waals surface area contributed by atoms with Gasteiger partial charge in [-0.2, -0.15) is 0 Å². The number of amides is 2. The fourth-order valence-electron chi connectivity index (χ4n) is 1.04. The number of urea groups is 1. The van der Waals surface area contributed by atoms with Gasteiger partial charge in [-0.1, -0.05) is 13.3 Å². The zero-order valence-corrected chi connectivity index (χ0v) is 9.21. The van der Waals surface area contributed by atoms with E-state index in [1.165, 1.54) is 0 Å². The molecule has 0 aliphatic heterocycles. The molecule has 0 aromatic heterocycles. The van der Waals surface area contributed by atoms with Crippen LogP contribution in [0.5, 0.6) is 0 Å². The smallest absolute Gasteiger partial charge is 0.314 e. The molecular formula is C10H20N2O3. The molecule has 0 atom stereocenters. The van der Waals surface area contributed by atoms with Gasteiger partial charge >= 0.3 is 12.0 Å². The molecule has 2 amide bonds. The van der Waals surface area contributed by atoms with Crippen molar-refractivity contribution in [2.75, 3.05) is 13.1 Å². The van der Waals surface area contributed by atoms with Crippen LogP contribution >= 0.6 is 0 Å². The molecular weight excluding hydrogens is 196 g/mol. The Morgan fingerprint density at radius 3 is 2.20 bits per heavy atom. The van der Waals surface area contributed by atoms with Gasteiger partial charge in [-0.15, -0.1) is 0 Å². The van der Waals surface area contributed by atoms with Gasteiger partial charge in [0.1, 0.15) is 0 Å². The molecule has 0 radical (unpaired) electrons. The largest absolute Gasteiger partial charge is 0.481 e. The molecule has 88 valence electrons. The molecule has 0 aliphatic rings. The Kier molecular flexibility index (Phi) is 8.52. The van der Waals surface area contributed by atoms with Gasteiger partial charge in [0.2, 0.25) is 0 Å². The second kappa shape index (κ2) is 9.30. The summed E-state index contributed by atoms with van der Waals surface area (Å²) >= 11 is 0. The molecule has 5 nitrogen and oxygen atoms in total. The van der Waals surface area contributed by atoms with Crippen molar-refractivity contribution in [3.05, 3.63) is 0 Å². The van der Waals surface area contributed by atoms with Gasteiger partial charge in [-0.05, 0) is 19.3 Å². The third kappa shape index (κ3) is 10.7. The van der Waals surface area contributed by atoms with E-state index in [-0.39, 0.29) is 12.5 Å².